The number of nitrogens with zero attached hydrogens (tertiary/aromatic N) is 2. The molecule has 4 rings (SSSR count). The normalized spacial score (nSPS) is 13.8. The molecule has 35 heavy (non-hydrogen) atoms. The fraction of sp³-hybridized carbons (Fsp3) is 0.148. The Morgan fingerprint density at radius 1 is 0.971 bits per heavy atom. The summed E-state index contributed by atoms with van der Waals surface area (Å²) in [5.41, 5.74) is 0.338. The largest absolute Gasteiger partial charge is 0.422 e. The predicted molar refractivity (Wildman–Crippen MR) is 125 cm³/mol. The van der Waals surface area contributed by atoms with Gasteiger partial charge in [0.1, 0.15) is 29.0 Å². The number of hydrogen-bond acceptors (Lipinski definition) is 4. The molecular formula is C27H21F3N2O3. The maximum atomic E-state index is 14.7. The van der Waals surface area contributed by atoms with Crippen LogP contribution in [-0.2, 0) is 9.53 Å². The van der Waals surface area contributed by atoms with Crippen LogP contribution in [0.25, 0.3) is 11.8 Å². The molecule has 0 fully saturated rings. The van der Waals surface area contributed by atoms with Gasteiger partial charge in [-0.05, 0) is 50.6 Å². The summed E-state index contributed by atoms with van der Waals surface area (Å²) < 4.78 is 49.9. The highest BCUT2D eigenvalue weighted by Crippen LogP contribution is 2.28. The van der Waals surface area contributed by atoms with Gasteiger partial charge in [0.05, 0.1) is 22.4 Å². The first kappa shape index (κ1) is 23.9. The third-order valence-corrected chi connectivity index (χ3v) is 5.61. The van der Waals surface area contributed by atoms with Crippen molar-refractivity contribution in [1.29, 1.82) is 0 Å². The molecule has 1 aromatic heterocycles. The number of allylic oxidation sites excluding steroid dienone is 2. The molecule has 3 aromatic rings. The molecule has 5 nitrogen and oxygen atoms in total. The summed E-state index contributed by atoms with van der Waals surface area (Å²) in [6.07, 6.45) is 4.67. The minimum atomic E-state index is -1.01. The molecule has 8 heteroatoms. The number of carbonyl (C=O) groups excluding carboxylic acids is 2. The van der Waals surface area contributed by atoms with Crippen LogP contribution in [0.15, 0.2) is 72.1 Å². The molecule has 0 atom stereocenters. The number of benzene rings is 2. The minimum absolute atomic E-state index is 0.00653. The van der Waals surface area contributed by atoms with E-state index in [1.807, 2.05) is 0 Å². The lowest BCUT2D eigenvalue weighted by Crippen LogP contribution is -2.17. The summed E-state index contributed by atoms with van der Waals surface area (Å²) in [5.74, 6) is -4.05. The van der Waals surface area contributed by atoms with Gasteiger partial charge < -0.3 is 4.74 Å². The first-order valence-corrected chi connectivity index (χ1v) is 10.9. The van der Waals surface area contributed by atoms with Crippen molar-refractivity contribution < 1.29 is 27.5 Å². The Hall–Kier alpha value is -4.20. The van der Waals surface area contributed by atoms with E-state index in [0.717, 1.165) is 10.6 Å². The van der Waals surface area contributed by atoms with E-state index in [0.29, 0.717) is 17.8 Å². The Bertz CT molecular complexity index is 1420. The van der Waals surface area contributed by atoms with Gasteiger partial charge in [0.25, 0.3) is 5.91 Å². The van der Waals surface area contributed by atoms with Gasteiger partial charge in [0.2, 0.25) is 0 Å². The van der Waals surface area contributed by atoms with Gasteiger partial charge in [-0.25, -0.2) is 22.9 Å². The maximum absolute atomic E-state index is 14.7. The third-order valence-electron chi connectivity index (χ3n) is 5.61. The summed E-state index contributed by atoms with van der Waals surface area (Å²) in [6, 6.07) is 11.0. The van der Waals surface area contributed by atoms with E-state index in [2.05, 4.69) is 4.98 Å². The molecule has 178 valence electrons. The van der Waals surface area contributed by atoms with Crippen LogP contribution in [0, 0.1) is 25.5 Å². The van der Waals surface area contributed by atoms with Gasteiger partial charge in [-0.3, -0.25) is 9.36 Å². The van der Waals surface area contributed by atoms with E-state index in [4.69, 9.17) is 4.74 Å². The van der Waals surface area contributed by atoms with Gasteiger partial charge in [-0.1, -0.05) is 30.3 Å². The molecule has 0 amide bonds. The number of rotatable bonds is 5. The Balaban J connectivity index is 1.84. The smallest absolute Gasteiger partial charge is 0.346 e. The molecule has 1 aliphatic carbocycles. The Kier molecular flexibility index (Phi) is 6.82. The highest BCUT2D eigenvalue weighted by atomic mass is 19.1. The number of aromatic nitrogens is 2. The van der Waals surface area contributed by atoms with Crippen LogP contribution < -0.4 is 0 Å². The number of esters is 1. The third kappa shape index (κ3) is 4.87. The molecule has 0 spiro atoms. The fourth-order valence-corrected chi connectivity index (χ4v) is 3.66. The van der Waals surface area contributed by atoms with Gasteiger partial charge in [-0.15, -0.1) is 0 Å². The van der Waals surface area contributed by atoms with Crippen LogP contribution in [0.1, 0.15) is 46.0 Å². The van der Waals surface area contributed by atoms with Crippen molar-refractivity contribution in [2.24, 2.45) is 0 Å². The van der Waals surface area contributed by atoms with E-state index in [-0.39, 0.29) is 34.7 Å². The summed E-state index contributed by atoms with van der Waals surface area (Å²) in [5, 5.41) is 0. The van der Waals surface area contributed by atoms with Crippen molar-refractivity contribution in [2.75, 3.05) is 0 Å². The average molecular weight is 478 g/mol. The number of carbonyl (C=O) groups is 2. The Labute approximate surface area is 199 Å². The molecule has 0 unspecified atom stereocenters. The molecule has 2 aromatic carbocycles. The van der Waals surface area contributed by atoms with Gasteiger partial charge in [0.15, 0.2) is 0 Å². The molecule has 0 aliphatic heterocycles. The van der Waals surface area contributed by atoms with Crippen molar-refractivity contribution in [3.05, 3.63) is 112 Å². The van der Waals surface area contributed by atoms with Crippen LogP contribution in [-0.4, -0.2) is 21.4 Å². The quantitative estimate of drug-likeness (QED) is 0.329. The minimum Gasteiger partial charge on any atom is -0.422 e. The SMILES string of the molecule is Cc1nc(/C=C(\OC(=O)C2=C(F)CCC=C2)c2ccccc2F)n(C(=O)c2ccccc2F)c1C. The van der Waals surface area contributed by atoms with Crippen molar-refractivity contribution in [2.45, 2.75) is 26.7 Å². The maximum Gasteiger partial charge on any atom is 0.346 e. The van der Waals surface area contributed by atoms with Gasteiger partial charge >= 0.3 is 5.97 Å². The monoisotopic (exact) mass is 478 g/mol. The second-order valence-corrected chi connectivity index (χ2v) is 7.90. The van der Waals surface area contributed by atoms with Crippen molar-refractivity contribution in [3.63, 3.8) is 0 Å². The van der Waals surface area contributed by atoms with Crippen molar-refractivity contribution in [1.82, 2.24) is 9.55 Å². The standard InChI is InChI=1S/C27H21F3N2O3/c1-16-17(2)32(26(33)19-10-4-7-13-22(19)29)25(31-16)15-24(18-9-3-6-12-21(18)28)35-27(34)20-11-5-8-14-23(20)30/h3-7,9-13,15H,8,14H2,1-2H3/b24-15-. The number of aryl methyl sites for hydroxylation is 1. The Morgan fingerprint density at radius 2 is 1.60 bits per heavy atom. The summed E-state index contributed by atoms with van der Waals surface area (Å²) in [6.45, 7) is 3.28. The van der Waals surface area contributed by atoms with Crippen molar-refractivity contribution >= 4 is 23.7 Å². The van der Waals surface area contributed by atoms with E-state index >= 15 is 0 Å². The molecule has 0 N–H and O–H groups in total. The lowest BCUT2D eigenvalue weighted by atomic mass is 10.1. The van der Waals surface area contributed by atoms with Crippen LogP contribution in [0.4, 0.5) is 13.2 Å². The second kappa shape index (κ2) is 9.97. The van der Waals surface area contributed by atoms with Crippen LogP contribution >= 0.6 is 0 Å². The molecule has 0 saturated carbocycles. The van der Waals surface area contributed by atoms with E-state index in [1.165, 1.54) is 54.6 Å². The number of hydrogen-bond donors (Lipinski definition) is 0. The zero-order valence-corrected chi connectivity index (χ0v) is 19.0. The molecular weight excluding hydrogens is 457 g/mol. The predicted octanol–water partition coefficient (Wildman–Crippen LogP) is 6.08. The first-order chi connectivity index (χ1) is 16.8. The number of imidazole rings is 1. The summed E-state index contributed by atoms with van der Waals surface area (Å²) in [4.78, 5) is 30.3. The zero-order valence-electron chi connectivity index (χ0n) is 19.0. The molecule has 0 saturated heterocycles. The van der Waals surface area contributed by atoms with E-state index in [1.54, 1.807) is 19.9 Å². The van der Waals surface area contributed by atoms with Crippen LogP contribution in [0.2, 0.25) is 0 Å². The zero-order chi connectivity index (χ0) is 25.1. The number of ether oxygens (including phenoxy) is 1. The fourth-order valence-electron chi connectivity index (χ4n) is 3.66. The molecule has 1 aliphatic rings. The molecule has 1 heterocycles. The lowest BCUT2D eigenvalue weighted by Gasteiger charge is -2.13. The van der Waals surface area contributed by atoms with Gasteiger partial charge in [-0.2, -0.15) is 0 Å². The highest BCUT2D eigenvalue weighted by molar-refractivity contribution is 6.00. The Morgan fingerprint density at radius 3 is 2.23 bits per heavy atom. The number of halogens is 3. The second-order valence-electron chi connectivity index (χ2n) is 7.90. The summed E-state index contributed by atoms with van der Waals surface area (Å²) in [7, 11) is 0. The lowest BCUT2D eigenvalue weighted by molar-refractivity contribution is -0.132. The van der Waals surface area contributed by atoms with E-state index in [9.17, 15) is 22.8 Å². The van der Waals surface area contributed by atoms with Crippen molar-refractivity contribution in [3.8, 4) is 0 Å². The highest BCUT2D eigenvalue weighted by Gasteiger charge is 2.24. The molecule has 0 bridgehead atoms. The van der Waals surface area contributed by atoms with E-state index < -0.39 is 29.3 Å². The van der Waals surface area contributed by atoms with Crippen LogP contribution in [0.3, 0.4) is 0 Å². The van der Waals surface area contributed by atoms with Gasteiger partial charge in [0, 0.05) is 18.2 Å². The van der Waals surface area contributed by atoms with Crippen LogP contribution in [0.5, 0.6) is 0 Å². The topological polar surface area (TPSA) is 61.2 Å². The summed E-state index contributed by atoms with van der Waals surface area (Å²) >= 11 is 0. The average Bonchev–Trinajstić information content (AvgIpc) is 3.11. The molecule has 0 radical (unpaired) electrons. The first-order valence-electron chi connectivity index (χ1n) is 10.9.